The summed E-state index contributed by atoms with van der Waals surface area (Å²) in [4.78, 5) is 3.94. The van der Waals surface area contributed by atoms with Crippen molar-refractivity contribution in [2.75, 3.05) is 5.73 Å². The zero-order valence-electron chi connectivity index (χ0n) is 5.45. The van der Waals surface area contributed by atoms with E-state index in [1.807, 2.05) is 12.1 Å². The van der Waals surface area contributed by atoms with Crippen LogP contribution in [0.15, 0.2) is 18.2 Å². The topological polar surface area (TPSA) is 64.9 Å². The minimum absolute atomic E-state index is 0. The van der Waals surface area contributed by atoms with E-state index >= 15 is 0 Å². The van der Waals surface area contributed by atoms with Gasteiger partial charge in [0.2, 0.25) is 0 Å². The van der Waals surface area contributed by atoms with Crippen LogP contribution in [0.2, 0.25) is 0 Å². The van der Waals surface area contributed by atoms with Gasteiger partial charge in [0.15, 0.2) is 0 Å². The molecular weight excluding hydrogens is 150 g/mol. The lowest BCUT2D eigenvalue weighted by Crippen LogP contribution is -2.00. The Balaban J connectivity index is 0.000000810. The summed E-state index contributed by atoms with van der Waals surface area (Å²) >= 11 is 0. The van der Waals surface area contributed by atoms with Crippen LogP contribution in [0.5, 0.6) is 0 Å². The summed E-state index contributed by atoms with van der Waals surface area (Å²) in [5, 5.41) is 0. The van der Waals surface area contributed by atoms with E-state index in [1.54, 1.807) is 6.07 Å². The summed E-state index contributed by atoms with van der Waals surface area (Å²) in [6.07, 6.45) is 0. The summed E-state index contributed by atoms with van der Waals surface area (Å²) in [5.41, 5.74) is 11.5. The fourth-order valence-electron chi connectivity index (χ4n) is 0.612. The highest BCUT2D eigenvalue weighted by molar-refractivity contribution is 5.85. The van der Waals surface area contributed by atoms with Gasteiger partial charge in [0, 0.05) is 6.54 Å². The molecule has 0 unspecified atom stereocenters. The van der Waals surface area contributed by atoms with Gasteiger partial charge in [-0.1, -0.05) is 6.07 Å². The molecule has 10 heavy (non-hydrogen) atoms. The van der Waals surface area contributed by atoms with E-state index in [-0.39, 0.29) is 12.4 Å². The van der Waals surface area contributed by atoms with Crippen LogP contribution in [0.4, 0.5) is 5.82 Å². The molecule has 4 N–H and O–H groups in total. The molecule has 0 aliphatic rings. The second-order valence-corrected chi connectivity index (χ2v) is 1.76. The maximum Gasteiger partial charge on any atom is 0.123 e. The van der Waals surface area contributed by atoms with Crippen molar-refractivity contribution in [2.24, 2.45) is 5.73 Å². The van der Waals surface area contributed by atoms with Crippen LogP contribution in [-0.4, -0.2) is 4.98 Å². The number of pyridine rings is 1. The fourth-order valence-corrected chi connectivity index (χ4v) is 0.612. The number of hydrogen-bond donors (Lipinski definition) is 2. The average molecular weight is 160 g/mol. The van der Waals surface area contributed by atoms with Crippen LogP contribution in [0.3, 0.4) is 0 Å². The highest BCUT2D eigenvalue weighted by Crippen LogP contribution is 1.97. The van der Waals surface area contributed by atoms with Crippen molar-refractivity contribution in [1.29, 1.82) is 0 Å². The van der Waals surface area contributed by atoms with E-state index in [2.05, 4.69) is 4.98 Å². The molecule has 0 aromatic carbocycles. The second kappa shape index (κ2) is 4.09. The summed E-state index contributed by atoms with van der Waals surface area (Å²) in [6.45, 7) is 0.449. The van der Waals surface area contributed by atoms with Crippen LogP contribution in [0.1, 0.15) is 5.69 Å². The predicted molar refractivity (Wildman–Crippen MR) is 43.8 cm³/mol. The molecule has 4 heteroatoms. The third-order valence-electron chi connectivity index (χ3n) is 1.04. The van der Waals surface area contributed by atoms with Gasteiger partial charge < -0.3 is 11.5 Å². The standard InChI is InChI=1S/C6H9N3.ClH/c7-4-5-2-1-3-6(8)9-5;/h1-3H,4,7H2,(H2,8,9);1H. The third kappa shape index (κ3) is 2.21. The van der Waals surface area contributed by atoms with Crippen molar-refractivity contribution >= 4 is 18.2 Å². The molecule has 0 amide bonds. The molecule has 56 valence electrons. The van der Waals surface area contributed by atoms with Crippen LogP contribution in [-0.2, 0) is 6.54 Å². The van der Waals surface area contributed by atoms with Gasteiger partial charge in [0.25, 0.3) is 0 Å². The first-order valence-electron chi connectivity index (χ1n) is 2.74. The van der Waals surface area contributed by atoms with Crippen molar-refractivity contribution in [3.8, 4) is 0 Å². The molecule has 1 heterocycles. The molecule has 0 aliphatic heterocycles. The van der Waals surface area contributed by atoms with E-state index < -0.39 is 0 Å². The number of nitrogen functional groups attached to an aromatic ring is 1. The fraction of sp³-hybridized carbons (Fsp3) is 0.167. The van der Waals surface area contributed by atoms with Crippen molar-refractivity contribution in [1.82, 2.24) is 4.98 Å². The highest BCUT2D eigenvalue weighted by Gasteiger charge is 1.88. The zero-order chi connectivity index (χ0) is 6.69. The molecule has 0 atom stereocenters. The molecule has 0 saturated carbocycles. The van der Waals surface area contributed by atoms with Gasteiger partial charge in [-0.25, -0.2) is 4.98 Å². The second-order valence-electron chi connectivity index (χ2n) is 1.76. The number of nitrogens with zero attached hydrogens (tertiary/aromatic N) is 1. The average Bonchev–Trinajstić information content (AvgIpc) is 1.88. The van der Waals surface area contributed by atoms with Gasteiger partial charge in [-0.05, 0) is 12.1 Å². The minimum Gasteiger partial charge on any atom is -0.384 e. The summed E-state index contributed by atoms with van der Waals surface area (Å²) < 4.78 is 0. The molecule has 0 spiro atoms. The lowest BCUT2D eigenvalue weighted by atomic mass is 10.3. The molecular formula is C6H10ClN3. The van der Waals surface area contributed by atoms with Gasteiger partial charge in [-0.3, -0.25) is 0 Å². The first kappa shape index (κ1) is 9.20. The zero-order valence-corrected chi connectivity index (χ0v) is 6.27. The molecule has 0 radical (unpaired) electrons. The Hall–Kier alpha value is -0.800. The lowest BCUT2D eigenvalue weighted by Gasteiger charge is -1.94. The molecule has 1 rings (SSSR count). The smallest absolute Gasteiger partial charge is 0.123 e. The number of hydrogen-bond acceptors (Lipinski definition) is 3. The van der Waals surface area contributed by atoms with Crippen LogP contribution in [0, 0.1) is 0 Å². The Kier molecular flexibility index (Phi) is 3.76. The van der Waals surface area contributed by atoms with Gasteiger partial charge in [-0.15, -0.1) is 12.4 Å². The van der Waals surface area contributed by atoms with E-state index in [0.717, 1.165) is 5.69 Å². The molecule has 1 aromatic rings. The highest BCUT2D eigenvalue weighted by atomic mass is 35.5. The molecule has 1 aromatic heterocycles. The maximum atomic E-state index is 5.37. The van der Waals surface area contributed by atoms with Gasteiger partial charge in [-0.2, -0.15) is 0 Å². The normalized spacial score (nSPS) is 8.50. The largest absolute Gasteiger partial charge is 0.384 e. The number of rotatable bonds is 1. The first-order chi connectivity index (χ1) is 4.33. The van der Waals surface area contributed by atoms with Crippen molar-refractivity contribution in [2.45, 2.75) is 6.54 Å². The number of anilines is 1. The van der Waals surface area contributed by atoms with Gasteiger partial charge >= 0.3 is 0 Å². The molecule has 3 nitrogen and oxygen atoms in total. The lowest BCUT2D eigenvalue weighted by molar-refractivity contribution is 0.995. The van der Waals surface area contributed by atoms with E-state index in [9.17, 15) is 0 Å². The van der Waals surface area contributed by atoms with Crippen molar-refractivity contribution < 1.29 is 0 Å². The van der Waals surface area contributed by atoms with E-state index in [4.69, 9.17) is 11.5 Å². The van der Waals surface area contributed by atoms with Crippen molar-refractivity contribution in [3.05, 3.63) is 23.9 Å². The summed E-state index contributed by atoms with van der Waals surface area (Å²) in [5.74, 6) is 0.526. The summed E-state index contributed by atoms with van der Waals surface area (Å²) in [6, 6.07) is 5.42. The molecule has 0 saturated heterocycles. The van der Waals surface area contributed by atoms with Gasteiger partial charge in [0.1, 0.15) is 5.82 Å². The Morgan fingerprint density at radius 1 is 1.40 bits per heavy atom. The SMILES string of the molecule is Cl.NCc1cccc(N)n1. The van der Waals surface area contributed by atoms with Crippen LogP contribution >= 0.6 is 12.4 Å². The minimum atomic E-state index is 0. The molecule has 0 bridgehead atoms. The molecule has 0 aliphatic carbocycles. The number of nitrogens with two attached hydrogens (primary N) is 2. The monoisotopic (exact) mass is 159 g/mol. The Labute approximate surface area is 65.8 Å². The Bertz CT molecular complexity index is 202. The van der Waals surface area contributed by atoms with Crippen LogP contribution in [0.25, 0.3) is 0 Å². The summed E-state index contributed by atoms with van der Waals surface area (Å²) in [7, 11) is 0. The maximum absolute atomic E-state index is 5.37. The molecule has 0 fully saturated rings. The number of aromatic nitrogens is 1. The van der Waals surface area contributed by atoms with Crippen LogP contribution < -0.4 is 11.5 Å². The third-order valence-corrected chi connectivity index (χ3v) is 1.04. The van der Waals surface area contributed by atoms with E-state index in [0.29, 0.717) is 12.4 Å². The van der Waals surface area contributed by atoms with Gasteiger partial charge in [0.05, 0.1) is 5.69 Å². The Morgan fingerprint density at radius 2 is 2.10 bits per heavy atom. The first-order valence-corrected chi connectivity index (χ1v) is 2.74. The Morgan fingerprint density at radius 3 is 2.50 bits per heavy atom. The van der Waals surface area contributed by atoms with Crippen molar-refractivity contribution in [3.63, 3.8) is 0 Å². The quantitative estimate of drug-likeness (QED) is 0.629. The predicted octanol–water partition coefficient (Wildman–Crippen LogP) is 0.544. The van der Waals surface area contributed by atoms with E-state index in [1.165, 1.54) is 0 Å². The number of halogens is 1.